The fourth-order valence-corrected chi connectivity index (χ4v) is 5.42. The second-order valence-electron chi connectivity index (χ2n) is 6.74. The Morgan fingerprint density at radius 2 is 1.86 bits per heavy atom. The van der Waals surface area contributed by atoms with Crippen molar-refractivity contribution in [1.82, 2.24) is 0 Å². The van der Waals surface area contributed by atoms with Gasteiger partial charge in [-0.1, -0.05) is 12.1 Å². The van der Waals surface area contributed by atoms with Crippen molar-refractivity contribution in [2.75, 3.05) is 28.0 Å². The molecule has 1 aliphatic heterocycles. The van der Waals surface area contributed by atoms with Gasteiger partial charge in [-0.2, -0.15) is 0 Å². The molecule has 4 rings (SSSR count). The second kappa shape index (κ2) is 7.88. The van der Waals surface area contributed by atoms with E-state index in [1.54, 1.807) is 41.8 Å². The largest absolute Gasteiger partial charge is 0.371 e. The Bertz CT molecular complexity index is 1120. The number of sulfonamides is 1. The van der Waals surface area contributed by atoms with Gasteiger partial charge in [0.1, 0.15) is 4.21 Å². The van der Waals surface area contributed by atoms with Crippen LogP contribution in [-0.4, -0.2) is 27.4 Å². The Hall–Kier alpha value is -2.84. The molecule has 8 heteroatoms. The molecule has 2 heterocycles. The highest BCUT2D eigenvalue weighted by molar-refractivity contribution is 7.94. The van der Waals surface area contributed by atoms with Gasteiger partial charge in [-0.05, 0) is 66.8 Å². The van der Waals surface area contributed by atoms with Crippen molar-refractivity contribution in [3.8, 4) is 0 Å². The van der Waals surface area contributed by atoms with E-state index in [1.807, 2.05) is 12.1 Å². The highest BCUT2D eigenvalue weighted by Gasteiger charge is 2.19. The zero-order chi connectivity index (χ0) is 20.4. The highest BCUT2D eigenvalue weighted by Crippen LogP contribution is 2.30. The molecule has 0 bridgehead atoms. The fraction of sp³-hybridized carbons (Fsp3) is 0.190. The number of fused-ring (bicyclic) bond motifs is 1. The van der Waals surface area contributed by atoms with Crippen LogP contribution in [0, 0.1) is 0 Å². The summed E-state index contributed by atoms with van der Waals surface area (Å²) in [4.78, 5) is 14.9. The lowest BCUT2D eigenvalue weighted by molar-refractivity contribution is 0.102. The molecule has 0 atom stereocenters. The summed E-state index contributed by atoms with van der Waals surface area (Å²) in [6.07, 6.45) is 1.03. The fourth-order valence-electron chi connectivity index (χ4n) is 3.37. The van der Waals surface area contributed by atoms with E-state index in [9.17, 15) is 13.2 Å². The summed E-state index contributed by atoms with van der Waals surface area (Å²) in [6, 6.07) is 15.6. The monoisotopic (exact) mass is 427 g/mol. The molecule has 2 aromatic carbocycles. The third-order valence-electron chi connectivity index (χ3n) is 4.88. The number of likely N-dealkylation sites (N-methyl/N-ethyl adjacent to an activating group) is 1. The van der Waals surface area contributed by atoms with Crippen molar-refractivity contribution < 1.29 is 13.2 Å². The number of hydrogen-bond donors (Lipinski definition) is 2. The predicted octanol–water partition coefficient (Wildman–Crippen LogP) is 4.18. The van der Waals surface area contributed by atoms with Gasteiger partial charge in [0.25, 0.3) is 15.9 Å². The molecular formula is C21H21N3O3S2. The van der Waals surface area contributed by atoms with E-state index in [-0.39, 0.29) is 10.1 Å². The molecule has 0 fully saturated rings. The van der Waals surface area contributed by atoms with Gasteiger partial charge in [0.05, 0.1) is 0 Å². The number of amides is 1. The van der Waals surface area contributed by atoms with Crippen molar-refractivity contribution in [2.45, 2.75) is 17.6 Å². The Labute approximate surface area is 174 Å². The molecule has 0 radical (unpaired) electrons. The van der Waals surface area contributed by atoms with Crippen molar-refractivity contribution in [2.24, 2.45) is 0 Å². The van der Waals surface area contributed by atoms with Gasteiger partial charge in [-0.3, -0.25) is 9.52 Å². The van der Waals surface area contributed by atoms with E-state index in [4.69, 9.17) is 0 Å². The highest BCUT2D eigenvalue weighted by atomic mass is 32.2. The topological polar surface area (TPSA) is 78.5 Å². The Morgan fingerprint density at radius 3 is 2.55 bits per heavy atom. The maximum atomic E-state index is 12.6. The number of hydrogen-bond acceptors (Lipinski definition) is 5. The molecule has 0 spiro atoms. The molecule has 1 aromatic heterocycles. The standard InChI is InChI=1S/C21H21N3O3S2/c1-2-24-12-11-15-5-10-18(14-19(15)24)22-21(25)16-6-8-17(9-7-16)23-29(26,27)20-4-3-13-28-20/h3-10,13-14,23H,2,11-12H2,1H3,(H,22,25). The number of benzene rings is 2. The van der Waals surface area contributed by atoms with Crippen molar-refractivity contribution in [3.63, 3.8) is 0 Å². The summed E-state index contributed by atoms with van der Waals surface area (Å²) >= 11 is 1.15. The Kier molecular flexibility index (Phi) is 5.29. The number of carbonyl (C=O) groups excluding carboxylic acids is 1. The molecule has 1 aliphatic rings. The Balaban J connectivity index is 1.45. The van der Waals surface area contributed by atoms with Crippen LogP contribution in [0.4, 0.5) is 17.1 Å². The maximum absolute atomic E-state index is 12.6. The molecule has 0 saturated heterocycles. The van der Waals surface area contributed by atoms with Crippen molar-refractivity contribution in [3.05, 3.63) is 71.1 Å². The minimum absolute atomic E-state index is 0.237. The van der Waals surface area contributed by atoms with Gasteiger partial charge in [0.2, 0.25) is 0 Å². The van der Waals surface area contributed by atoms with Gasteiger partial charge < -0.3 is 10.2 Å². The van der Waals surface area contributed by atoms with Crippen LogP contribution in [0.3, 0.4) is 0 Å². The lowest BCUT2D eigenvalue weighted by atomic mass is 10.1. The number of thiophene rings is 1. The summed E-state index contributed by atoms with van der Waals surface area (Å²) in [7, 11) is -3.60. The number of rotatable bonds is 6. The van der Waals surface area contributed by atoms with Crippen LogP contribution in [0.15, 0.2) is 64.2 Å². The summed E-state index contributed by atoms with van der Waals surface area (Å²) in [5.74, 6) is -0.237. The first-order valence-corrected chi connectivity index (χ1v) is 11.7. The summed E-state index contributed by atoms with van der Waals surface area (Å²) in [6.45, 7) is 4.06. The molecule has 150 valence electrons. The number of nitrogens with one attached hydrogen (secondary N) is 2. The molecule has 3 aromatic rings. The third-order valence-corrected chi connectivity index (χ3v) is 7.65. The van der Waals surface area contributed by atoms with Crippen LogP contribution in [0.2, 0.25) is 0 Å². The molecule has 29 heavy (non-hydrogen) atoms. The number of carbonyl (C=O) groups is 1. The average Bonchev–Trinajstić information content (AvgIpc) is 3.38. The summed E-state index contributed by atoms with van der Waals surface area (Å²) in [5, 5.41) is 4.63. The number of nitrogens with zero attached hydrogens (tertiary/aromatic N) is 1. The zero-order valence-corrected chi connectivity index (χ0v) is 17.5. The molecule has 0 saturated carbocycles. The SMILES string of the molecule is CCN1CCc2ccc(NC(=O)c3ccc(NS(=O)(=O)c4cccs4)cc3)cc21. The van der Waals surface area contributed by atoms with Crippen molar-refractivity contribution in [1.29, 1.82) is 0 Å². The minimum Gasteiger partial charge on any atom is -0.371 e. The molecular weight excluding hydrogens is 406 g/mol. The predicted molar refractivity (Wildman–Crippen MR) is 118 cm³/mol. The molecule has 0 aliphatic carbocycles. The average molecular weight is 428 g/mol. The summed E-state index contributed by atoms with van der Waals surface area (Å²) in [5.41, 5.74) is 4.08. The first-order chi connectivity index (χ1) is 14.0. The van der Waals surface area contributed by atoms with Gasteiger partial charge in [0.15, 0.2) is 0 Å². The molecule has 0 unspecified atom stereocenters. The van der Waals surface area contributed by atoms with E-state index in [1.165, 1.54) is 11.3 Å². The van der Waals surface area contributed by atoms with Gasteiger partial charge >= 0.3 is 0 Å². The van der Waals surface area contributed by atoms with Crippen LogP contribution in [-0.2, 0) is 16.4 Å². The van der Waals surface area contributed by atoms with Gasteiger partial charge in [-0.25, -0.2) is 8.42 Å². The van der Waals surface area contributed by atoms with E-state index in [0.717, 1.165) is 36.5 Å². The minimum atomic E-state index is -3.60. The smallest absolute Gasteiger partial charge is 0.271 e. The quantitative estimate of drug-likeness (QED) is 0.618. The normalized spacial score (nSPS) is 13.2. The Morgan fingerprint density at radius 1 is 1.10 bits per heavy atom. The van der Waals surface area contributed by atoms with Crippen molar-refractivity contribution >= 4 is 44.3 Å². The first kappa shape index (κ1) is 19.5. The summed E-state index contributed by atoms with van der Waals surface area (Å²) < 4.78 is 27.3. The lowest BCUT2D eigenvalue weighted by Crippen LogP contribution is -2.19. The number of anilines is 3. The van der Waals surface area contributed by atoms with E-state index >= 15 is 0 Å². The van der Waals surface area contributed by atoms with E-state index < -0.39 is 10.0 Å². The van der Waals surface area contributed by atoms with E-state index in [0.29, 0.717) is 11.3 Å². The van der Waals surface area contributed by atoms with Crippen LogP contribution in [0.5, 0.6) is 0 Å². The van der Waals surface area contributed by atoms with Gasteiger partial charge in [0, 0.05) is 35.7 Å². The van der Waals surface area contributed by atoms with Crippen LogP contribution in [0.1, 0.15) is 22.8 Å². The van der Waals surface area contributed by atoms with Crippen LogP contribution < -0.4 is 14.9 Å². The molecule has 2 N–H and O–H groups in total. The van der Waals surface area contributed by atoms with E-state index in [2.05, 4.69) is 27.9 Å². The van der Waals surface area contributed by atoms with Crippen LogP contribution in [0.25, 0.3) is 0 Å². The van der Waals surface area contributed by atoms with Crippen LogP contribution >= 0.6 is 11.3 Å². The zero-order valence-electron chi connectivity index (χ0n) is 15.9. The maximum Gasteiger partial charge on any atom is 0.271 e. The third kappa shape index (κ3) is 4.13. The molecule has 1 amide bonds. The second-order valence-corrected chi connectivity index (χ2v) is 9.60. The molecule has 6 nitrogen and oxygen atoms in total. The first-order valence-electron chi connectivity index (χ1n) is 9.32. The lowest BCUT2D eigenvalue weighted by Gasteiger charge is -2.17. The van der Waals surface area contributed by atoms with Gasteiger partial charge in [-0.15, -0.1) is 11.3 Å².